The summed E-state index contributed by atoms with van der Waals surface area (Å²) in [6.45, 7) is 8.61. The first-order chi connectivity index (χ1) is 9.88. The van der Waals surface area contributed by atoms with Gasteiger partial charge in [0.05, 0.1) is 11.7 Å². The van der Waals surface area contributed by atoms with Crippen LogP contribution < -0.4 is 5.32 Å². The van der Waals surface area contributed by atoms with Gasteiger partial charge in [-0.15, -0.1) is 11.3 Å². The van der Waals surface area contributed by atoms with Gasteiger partial charge < -0.3 is 5.32 Å². The third-order valence-electron chi connectivity index (χ3n) is 3.15. The third-order valence-corrected chi connectivity index (χ3v) is 5.03. The van der Waals surface area contributed by atoms with Crippen LogP contribution in [-0.4, -0.2) is 11.0 Å². The monoisotopic (exact) mass is 386 g/mol. The minimum Gasteiger partial charge on any atom is -0.302 e. The van der Waals surface area contributed by atoms with Crippen LogP contribution in [0.1, 0.15) is 55.9 Å². The Hall–Kier alpha value is -0.420. The van der Waals surface area contributed by atoms with Crippen molar-refractivity contribution in [3.05, 3.63) is 49.3 Å². The molecule has 1 N–H and O–H groups in total. The Morgan fingerprint density at radius 3 is 2.52 bits per heavy atom. The predicted molar refractivity (Wildman–Crippen MR) is 95.5 cm³/mol. The summed E-state index contributed by atoms with van der Waals surface area (Å²) in [6, 6.07) is 6.29. The van der Waals surface area contributed by atoms with E-state index in [1.807, 2.05) is 18.2 Å². The summed E-state index contributed by atoms with van der Waals surface area (Å²) in [5.74, 6) is 0.442. The quantitative estimate of drug-likeness (QED) is 0.704. The van der Waals surface area contributed by atoms with Crippen LogP contribution in [0.3, 0.4) is 0 Å². The number of rotatable bonds is 5. The van der Waals surface area contributed by atoms with Crippen molar-refractivity contribution in [1.82, 2.24) is 10.3 Å². The van der Waals surface area contributed by atoms with Crippen molar-refractivity contribution >= 4 is 38.9 Å². The predicted octanol–water partition coefficient (Wildman–Crippen LogP) is 5.77. The minimum atomic E-state index is 0.0515. The zero-order valence-electron chi connectivity index (χ0n) is 12.7. The molecule has 1 aromatic carbocycles. The molecular weight excluding hydrogens is 368 g/mol. The van der Waals surface area contributed by atoms with E-state index >= 15 is 0 Å². The summed E-state index contributed by atoms with van der Waals surface area (Å²) in [5, 5.41) is 7.56. The lowest BCUT2D eigenvalue weighted by molar-refractivity contribution is 0.524. The second-order valence-electron chi connectivity index (χ2n) is 5.69. The van der Waals surface area contributed by atoms with Gasteiger partial charge in [-0.05, 0) is 43.5 Å². The molecular formula is C16H20BrClN2S. The number of halogens is 2. The first kappa shape index (κ1) is 16.9. The first-order valence-corrected chi connectivity index (χ1v) is 9.10. The van der Waals surface area contributed by atoms with Gasteiger partial charge in [0, 0.05) is 20.9 Å². The Morgan fingerprint density at radius 1 is 1.24 bits per heavy atom. The van der Waals surface area contributed by atoms with Crippen molar-refractivity contribution < 1.29 is 0 Å². The average Bonchev–Trinajstić information content (AvgIpc) is 2.88. The van der Waals surface area contributed by atoms with Crippen LogP contribution in [0.2, 0.25) is 5.02 Å². The molecule has 0 fully saturated rings. The van der Waals surface area contributed by atoms with Gasteiger partial charge in [0.25, 0.3) is 0 Å². The molecule has 21 heavy (non-hydrogen) atoms. The molecule has 0 aliphatic carbocycles. The van der Waals surface area contributed by atoms with E-state index in [0.29, 0.717) is 12.0 Å². The molecule has 5 heteroatoms. The summed E-state index contributed by atoms with van der Waals surface area (Å²) >= 11 is 11.5. The molecule has 114 valence electrons. The Morgan fingerprint density at radius 2 is 1.95 bits per heavy atom. The molecule has 0 saturated heterocycles. The van der Waals surface area contributed by atoms with Crippen LogP contribution in [0, 0.1) is 0 Å². The van der Waals surface area contributed by atoms with Gasteiger partial charge >= 0.3 is 0 Å². The fourth-order valence-corrected chi connectivity index (χ4v) is 3.77. The molecule has 0 bridgehead atoms. The summed E-state index contributed by atoms with van der Waals surface area (Å²) < 4.78 is 1.05. The lowest BCUT2D eigenvalue weighted by atomic mass is 10.1. The van der Waals surface area contributed by atoms with E-state index in [-0.39, 0.29) is 6.04 Å². The van der Waals surface area contributed by atoms with E-state index in [1.54, 1.807) is 11.3 Å². The number of benzene rings is 1. The molecule has 0 aliphatic rings. The van der Waals surface area contributed by atoms with E-state index in [4.69, 9.17) is 16.6 Å². The van der Waals surface area contributed by atoms with Gasteiger partial charge in [-0.2, -0.15) is 0 Å². The van der Waals surface area contributed by atoms with Crippen molar-refractivity contribution in [2.75, 3.05) is 0 Å². The van der Waals surface area contributed by atoms with Crippen molar-refractivity contribution in [1.29, 1.82) is 0 Å². The lowest BCUT2D eigenvalue weighted by Gasteiger charge is -2.21. The Labute approximate surface area is 144 Å². The van der Waals surface area contributed by atoms with Crippen LogP contribution in [0.15, 0.2) is 28.1 Å². The molecule has 2 rings (SSSR count). The topological polar surface area (TPSA) is 24.9 Å². The highest BCUT2D eigenvalue weighted by molar-refractivity contribution is 9.10. The molecule has 1 unspecified atom stereocenters. The van der Waals surface area contributed by atoms with Crippen LogP contribution >= 0.6 is 38.9 Å². The first-order valence-electron chi connectivity index (χ1n) is 7.04. The highest BCUT2D eigenvalue weighted by Gasteiger charge is 2.21. The van der Waals surface area contributed by atoms with Gasteiger partial charge in [-0.3, -0.25) is 0 Å². The lowest BCUT2D eigenvalue weighted by Crippen LogP contribution is -2.29. The fourth-order valence-electron chi connectivity index (χ4n) is 2.06. The van der Waals surface area contributed by atoms with Crippen LogP contribution in [-0.2, 0) is 0 Å². The maximum Gasteiger partial charge on any atom is 0.114 e. The van der Waals surface area contributed by atoms with E-state index in [9.17, 15) is 0 Å². The number of aromatic nitrogens is 1. The SMILES string of the molecule is CC(C)NC(c1nc(C(C)C)cs1)c1cc(Cl)ccc1Br. The third kappa shape index (κ3) is 4.28. The highest BCUT2D eigenvalue weighted by atomic mass is 79.9. The highest BCUT2D eigenvalue weighted by Crippen LogP contribution is 2.33. The molecule has 1 heterocycles. The average molecular weight is 388 g/mol. The minimum absolute atomic E-state index is 0.0515. The van der Waals surface area contributed by atoms with Gasteiger partial charge in [0.1, 0.15) is 5.01 Å². The number of thiazole rings is 1. The smallest absolute Gasteiger partial charge is 0.114 e. The zero-order chi connectivity index (χ0) is 15.6. The molecule has 0 saturated carbocycles. The molecule has 0 amide bonds. The van der Waals surface area contributed by atoms with Crippen molar-refractivity contribution in [3.8, 4) is 0 Å². The van der Waals surface area contributed by atoms with Gasteiger partial charge in [0.2, 0.25) is 0 Å². The maximum absolute atomic E-state index is 6.17. The summed E-state index contributed by atoms with van der Waals surface area (Å²) in [5.41, 5.74) is 2.27. The standard InChI is InChI=1S/C16H20BrClN2S/c1-9(2)14-8-21-16(20-14)15(19-10(3)4)12-7-11(18)5-6-13(12)17/h5-10,15,19H,1-4H3. The summed E-state index contributed by atoms with van der Waals surface area (Å²) in [7, 11) is 0. The van der Waals surface area contributed by atoms with Gasteiger partial charge in [-0.1, -0.05) is 41.4 Å². The number of hydrogen-bond acceptors (Lipinski definition) is 3. The normalized spacial score (nSPS) is 13.1. The molecule has 1 aromatic heterocycles. The zero-order valence-corrected chi connectivity index (χ0v) is 15.8. The second kappa shape index (κ2) is 7.23. The molecule has 2 nitrogen and oxygen atoms in total. The van der Waals surface area contributed by atoms with Crippen LogP contribution in [0.5, 0.6) is 0 Å². The van der Waals surface area contributed by atoms with E-state index in [1.165, 1.54) is 0 Å². The molecule has 1 atom stereocenters. The summed E-state index contributed by atoms with van der Waals surface area (Å²) in [4.78, 5) is 4.80. The van der Waals surface area contributed by atoms with E-state index in [2.05, 4.69) is 54.3 Å². The van der Waals surface area contributed by atoms with E-state index < -0.39 is 0 Å². The van der Waals surface area contributed by atoms with Crippen molar-refractivity contribution in [2.45, 2.75) is 45.7 Å². The van der Waals surface area contributed by atoms with Crippen LogP contribution in [0.4, 0.5) is 0 Å². The van der Waals surface area contributed by atoms with Gasteiger partial charge in [0.15, 0.2) is 0 Å². The van der Waals surface area contributed by atoms with E-state index in [0.717, 1.165) is 25.8 Å². The van der Waals surface area contributed by atoms with Crippen molar-refractivity contribution in [3.63, 3.8) is 0 Å². The molecule has 0 spiro atoms. The number of nitrogens with zero attached hydrogens (tertiary/aromatic N) is 1. The molecule has 0 radical (unpaired) electrons. The Bertz CT molecular complexity index is 610. The van der Waals surface area contributed by atoms with Gasteiger partial charge in [-0.25, -0.2) is 4.98 Å². The largest absolute Gasteiger partial charge is 0.302 e. The molecule has 2 aromatic rings. The Kier molecular flexibility index (Phi) is 5.83. The Balaban J connectivity index is 2.44. The summed E-state index contributed by atoms with van der Waals surface area (Å²) in [6.07, 6.45) is 0. The number of hydrogen-bond donors (Lipinski definition) is 1. The molecule has 0 aliphatic heterocycles. The van der Waals surface area contributed by atoms with Crippen molar-refractivity contribution in [2.24, 2.45) is 0 Å². The second-order valence-corrected chi connectivity index (χ2v) is 7.87. The van der Waals surface area contributed by atoms with Crippen LogP contribution in [0.25, 0.3) is 0 Å². The number of nitrogens with one attached hydrogen (secondary N) is 1. The fraction of sp³-hybridized carbons (Fsp3) is 0.438. The maximum atomic E-state index is 6.17.